The zero-order chi connectivity index (χ0) is 12.8. The Hall–Kier alpha value is -1.46. The van der Waals surface area contributed by atoms with Crippen LogP contribution in [-0.2, 0) is 6.42 Å². The summed E-state index contributed by atoms with van der Waals surface area (Å²) in [6.45, 7) is 2.21. The lowest BCUT2D eigenvalue weighted by molar-refractivity contribution is 0.282. The second kappa shape index (κ2) is 6.47. The second-order valence-electron chi connectivity index (χ2n) is 4.22. The summed E-state index contributed by atoms with van der Waals surface area (Å²) in [5.74, 6) is 0. The molecule has 2 N–H and O–H groups in total. The van der Waals surface area contributed by atoms with Crippen molar-refractivity contribution < 1.29 is 5.11 Å². The molecule has 0 amide bonds. The summed E-state index contributed by atoms with van der Waals surface area (Å²) in [5.41, 5.74) is 1.24. The van der Waals surface area contributed by atoms with Gasteiger partial charge in [0.25, 0.3) is 0 Å². The standard InChI is InChI=1S/C13H17N3OS/c1-10(7-8-17)14-13-16-15-12(18-13)9-11-5-3-2-4-6-11/h2-6,10,17H,7-9H2,1H3,(H,14,16)/t10-/m0/s1. The molecule has 1 atom stereocenters. The molecular formula is C13H17N3OS. The molecule has 18 heavy (non-hydrogen) atoms. The summed E-state index contributed by atoms with van der Waals surface area (Å²) >= 11 is 1.57. The van der Waals surface area contributed by atoms with Gasteiger partial charge in [0.05, 0.1) is 0 Å². The SMILES string of the molecule is C[C@@H](CCO)Nc1nnc(Cc2ccccc2)s1. The summed E-state index contributed by atoms with van der Waals surface area (Å²) < 4.78 is 0. The zero-order valence-corrected chi connectivity index (χ0v) is 11.2. The van der Waals surface area contributed by atoms with E-state index in [1.165, 1.54) is 5.56 Å². The molecule has 0 radical (unpaired) electrons. The maximum Gasteiger partial charge on any atom is 0.205 e. The van der Waals surface area contributed by atoms with Crippen LogP contribution in [0.1, 0.15) is 23.9 Å². The smallest absolute Gasteiger partial charge is 0.205 e. The van der Waals surface area contributed by atoms with E-state index in [1.54, 1.807) is 11.3 Å². The van der Waals surface area contributed by atoms with Gasteiger partial charge in [0.1, 0.15) is 5.01 Å². The number of hydrogen-bond donors (Lipinski definition) is 2. The van der Waals surface area contributed by atoms with Crippen LogP contribution in [-0.4, -0.2) is 28.0 Å². The molecule has 0 bridgehead atoms. The Morgan fingerprint density at radius 2 is 2.06 bits per heavy atom. The van der Waals surface area contributed by atoms with Crippen LogP contribution >= 0.6 is 11.3 Å². The van der Waals surface area contributed by atoms with Crippen LogP contribution in [0, 0.1) is 0 Å². The minimum atomic E-state index is 0.184. The Kier molecular flexibility index (Phi) is 4.66. The van der Waals surface area contributed by atoms with Gasteiger partial charge in [0.2, 0.25) is 5.13 Å². The molecule has 0 aliphatic heterocycles. The first-order valence-electron chi connectivity index (χ1n) is 6.01. The number of nitrogens with one attached hydrogen (secondary N) is 1. The van der Waals surface area contributed by atoms with Crippen LogP contribution in [0.15, 0.2) is 30.3 Å². The molecule has 4 nitrogen and oxygen atoms in total. The van der Waals surface area contributed by atoms with E-state index in [0.29, 0.717) is 6.42 Å². The Morgan fingerprint density at radius 1 is 1.28 bits per heavy atom. The van der Waals surface area contributed by atoms with Gasteiger partial charge in [0.15, 0.2) is 0 Å². The van der Waals surface area contributed by atoms with E-state index in [1.807, 2.05) is 25.1 Å². The molecular weight excluding hydrogens is 246 g/mol. The average Bonchev–Trinajstić information content (AvgIpc) is 2.78. The molecule has 0 unspecified atom stereocenters. The number of aliphatic hydroxyl groups excluding tert-OH is 1. The molecule has 2 rings (SSSR count). The highest BCUT2D eigenvalue weighted by molar-refractivity contribution is 7.15. The lowest BCUT2D eigenvalue weighted by Crippen LogP contribution is -2.16. The molecule has 1 heterocycles. The van der Waals surface area contributed by atoms with Gasteiger partial charge in [-0.25, -0.2) is 0 Å². The molecule has 0 aliphatic carbocycles. The lowest BCUT2D eigenvalue weighted by atomic mass is 10.2. The van der Waals surface area contributed by atoms with Crippen molar-refractivity contribution in [3.05, 3.63) is 40.9 Å². The Morgan fingerprint density at radius 3 is 2.78 bits per heavy atom. The van der Waals surface area contributed by atoms with Gasteiger partial charge in [-0.1, -0.05) is 41.7 Å². The van der Waals surface area contributed by atoms with E-state index in [-0.39, 0.29) is 12.6 Å². The zero-order valence-electron chi connectivity index (χ0n) is 10.3. The van der Waals surface area contributed by atoms with Crippen molar-refractivity contribution in [2.24, 2.45) is 0 Å². The molecule has 0 saturated heterocycles. The number of aromatic nitrogens is 2. The van der Waals surface area contributed by atoms with E-state index in [0.717, 1.165) is 16.6 Å². The number of nitrogens with zero attached hydrogens (tertiary/aromatic N) is 2. The lowest BCUT2D eigenvalue weighted by Gasteiger charge is -2.09. The van der Waals surface area contributed by atoms with Crippen LogP contribution < -0.4 is 5.32 Å². The van der Waals surface area contributed by atoms with E-state index >= 15 is 0 Å². The highest BCUT2D eigenvalue weighted by Gasteiger charge is 2.07. The monoisotopic (exact) mass is 263 g/mol. The van der Waals surface area contributed by atoms with Crippen molar-refractivity contribution in [1.82, 2.24) is 10.2 Å². The van der Waals surface area contributed by atoms with E-state index in [4.69, 9.17) is 5.11 Å². The predicted octanol–water partition coefficient (Wildman–Crippen LogP) is 2.31. The van der Waals surface area contributed by atoms with Crippen molar-refractivity contribution in [1.29, 1.82) is 0 Å². The molecule has 1 aromatic carbocycles. The fourth-order valence-corrected chi connectivity index (χ4v) is 2.52. The first kappa shape index (κ1) is 13.0. The Bertz CT molecular complexity index is 472. The largest absolute Gasteiger partial charge is 0.396 e. The Balaban J connectivity index is 1.94. The summed E-state index contributed by atoms with van der Waals surface area (Å²) in [6, 6.07) is 10.4. The summed E-state index contributed by atoms with van der Waals surface area (Å²) in [6.07, 6.45) is 1.53. The summed E-state index contributed by atoms with van der Waals surface area (Å²) in [5, 5.41) is 22.2. The maximum absolute atomic E-state index is 8.84. The quantitative estimate of drug-likeness (QED) is 0.839. The van der Waals surface area contributed by atoms with Gasteiger partial charge in [-0.15, -0.1) is 10.2 Å². The van der Waals surface area contributed by atoms with Crippen molar-refractivity contribution in [3.8, 4) is 0 Å². The van der Waals surface area contributed by atoms with Crippen LogP contribution in [0.4, 0.5) is 5.13 Å². The molecule has 0 saturated carbocycles. The molecule has 0 aliphatic rings. The third kappa shape index (κ3) is 3.78. The third-order valence-corrected chi connectivity index (χ3v) is 3.45. The minimum Gasteiger partial charge on any atom is -0.396 e. The molecule has 96 valence electrons. The number of aliphatic hydroxyl groups is 1. The normalized spacial score (nSPS) is 12.3. The molecule has 2 aromatic rings. The molecule has 1 aromatic heterocycles. The summed E-state index contributed by atoms with van der Waals surface area (Å²) in [4.78, 5) is 0. The second-order valence-corrected chi connectivity index (χ2v) is 5.28. The first-order chi connectivity index (χ1) is 8.78. The number of rotatable bonds is 6. The van der Waals surface area contributed by atoms with E-state index in [2.05, 4.69) is 27.6 Å². The van der Waals surface area contributed by atoms with E-state index < -0.39 is 0 Å². The van der Waals surface area contributed by atoms with E-state index in [9.17, 15) is 0 Å². The van der Waals surface area contributed by atoms with Crippen molar-refractivity contribution >= 4 is 16.5 Å². The molecule has 0 spiro atoms. The topological polar surface area (TPSA) is 58.0 Å². The summed E-state index contributed by atoms with van der Waals surface area (Å²) in [7, 11) is 0. The molecule has 5 heteroatoms. The van der Waals surface area contributed by atoms with Gasteiger partial charge in [0, 0.05) is 19.1 Å². The van der Waals surface area contributed by atoms with Crippen molar-refractivity contribution in [2.45, 2.75) is 25.8 Å². The average molecular weight is 263 g/mol. The van der Waals surface area contributed by atoms with Crippen LogP contribution in [0.3, 0.4) is 0 Å². The minimum absolute atomic E-state index is 0.184. The Labute approximate surface area is 111 Å². The number of benzene rings is 1. The van der Waals surface area contributed by atoms with Crippen molar-refractivity contribution in [3.63, 3.8) is 0 Å². The fourth-order valence-electron chi connectivity index (χ4n) is 1.63. The van der Waals surface area contributed by atoms with Crippen LogP contribution in [0.5, 0.6) is 0 Å². The van der Waals surface area contributed by atoms with Gasteiger partial charge in [-0.05, 0) is 18.9 Å². The van der Waals surface area contributed by atoms with Gasteiger partial charge in [-0.2, -0.15) is 0 Å². The maximum atomic E-state index is 8.84. The molecule has 0 fully saturated rings. The van der Waals surface area contributed by atoms with Crippen molar-refractivity contribution in [2.75, 3.05) is 11.9 Å². The van der Waals surface area contributed by atoms with Crippen LogP contribution in [0.25, 0.3) is 0 Å². The number of anilines is 1. The highest BCUT2D eigenvalue weighted by atomic mass is 32.1. The highest BCUT2D eigenvalue weighted by Crippen LogP contribution is 2.19. The first-order valence-corrected chi connectivity index (χ1v) is 6.83. The predicted molar refractivity (Wildman–Crippen MR) is 73.9 cm³/mol. The third-order valence-electron chi connectivity index (χ3n) is 2.60. The van der Waals surface area contributed by atoms with Gasteiger partial charge >= 0.3 is 0 Å². The van der Waals surface area contributed by atoms with Crippen LogP contribution in [0.2, 0.25) is 0 Å². The van der Waals surface area contributed by atoms with Gasteiger partial charge < -0.3 is 10.4 Å². The number of hydrogen-bond acceptors (Lipinski definition) is 5. The van der Waals surface area contributed by atoms with Gasteiger partial charge in [-0.3, -0.25) is 0 Å². The fraction of sp³-hybridized carbons (Fsp3) is 0.385.